The van der Waals surface area contributed by atoms with Crippen LogP contribution >= 0.6 is 0 Å². The van der Waals surface area contributed by atoms with Crippen molar-refractivity contribution in [3.8, 4) is 5.75 Å². The van der Waals surface area contributed by atoms with Crippen LogP contribution in [0.4, 0.5) is 11.4 Å². The molecular weight excluding hydrogens is 422 g/mol. The minimum absolute atomic E-state index is 0.249. The Bertz CT molecular complexity index is 1400. The lowest BCUT2D eigenvalue weighted by atomic mass is 10.1. The second-order valence-electron chi connectivity index (χ2n) is 7.64. The van der Waals surface area contributed by atoms with Crippen molar-refractivity contribution in [2.24, 2.45) is 0 Å². The lowest BCUT2D eigenvalue weighted by Gasteiger charge is -2.08. The van der Waals surface area contributed by atoms with Gasteiger partial charge in [-0.2, -0.15) is 0 Å². The predicted octanol–water partition coefficient (Wildman–Crippen LogP) is 3.01. The van der Waals surface area contributed by atoms with Crippen LogP contribution < -0.4 is 21.1 Å². The average Bonchev–Trinajstić information content (AvgIpc) is 3.10. The van der Waals surface area contributed by atoms with Gasteiger partial charge in [0.1, 0.15) is 12.3 Å². The summed E-state index contributed by atoms with van der Waals surface area (Å²) in [5.41, 5.74) is 3.39. The van der Waals surface area contributed by atoms with Crippen LogP contribution in [0.25, 0.3) is 5.65 Å². The van der Waals surface area contributed by atoms with E-state index in [9.17, 15) is 14.4 Å². The number of ether oxygens (including phenoxy) is 1. The molecule has 0 aliphatic heterocycles. The van der Waals surface area contributed by atoms with Crippen LogP contribution in [-0.4, -0.2) is 33.1 Å². The third-order valence-electron chi connectivity index (χ3n) is 5.14. The fourth-order valence-corrected chi connectivity index (χ4v) is 3.41. The summed E-state index contributed by atoms with van der Waals surface area (Å²) in [6.07, 6.45) is 1.40. The first-order chi connectivity index (χ1) is 15.8. The van der Waals surface area contributed by atoms with E-state index < -0.39 is 5.69 Å². The number of rotatable bonds is 6. The van der Waals surface area contributed by atoms with Crippen molar-refractivity contribution in [1.29, 1.82) is 0 Å². The molecule has 0 saturated carbocycles. The summed E-state index contributed by atoms with van der Waals surface area (Å²) in [6.45, 7) is 3.62. The quantitative estimate of drug-likeness (QED) is 0.475. The highest BCUT2D eigenvalue weighted by atomic mass is 16.5. The van der Waals surface area contributed by atoms with Gasteiger partial charge in [-0.25, -0.2) is 13.9 Å². The van der Waals surface area contributed by atoms with Crippen LogP contribution in [0, 0.1) is 13.8 Å². The highest BCUT2D eigenvalue weighted by Gasteiger charge is 2.14. The van der Waals surface area contributed by atoms with Gasteiger partial charge in [-0.05, 0) is 61.9 Å². The topological polar surface area (TPSA) is 107 Å². The number of methoxy groups -OCH3 is 1. The molecule has 0 spiro atoms. The predicted molar refractivity (Wildman–Crippen MR) is 125 cm³/mol. The molecule has 0 fully saturated rings. The van der Waals surface area contributed by atoms with E-state index in [0.29, 0.717) is 22.8 Å². The lowest BCUT2D eigenvalue weighted by molar-refractivity contribution is -0.117. The number of amides is 2. The molecule has 0 radical (unpaired) electrons. The van der Waals surface area contributed by atoms with Crippen LogP contribution in [-0.2, 0) is 11.3 Å². The Balaban J connectivity index is 1.50. The third-order valence-corrected chi connectivity index (χ3v) is 5.14. The summed E-state index contributed by atoms with van der Waals surface area (Å²) in [7, 11) is 1.56. The van der Waals surface area contributed by atoms with E-state index in [0.717, 1.165) is 15.8 Å². The van der Waals surface area contributed by atoms with Crippen molar-refractivity contribution in [1.82, 2.24) is 14.2 Å². The number of anilines is 2. The van der Waals surface area contributed by atoms with Gasteiger partial charge < -0.3 is 15.4 Å². The molecule has 2 heterocycles. The number of fused-ring (bicyclic) bond motifs is 1. The Morgan fingerprint density at radius 3 is 2.45 bits per heavy atom. The highest BCUT2D eigenvalue weighted by molar-refractivity contribution is 6.04. The SMILES string of the molecule is COc1ccc(NC(=O)c2ccc3nn(CC(=O)Nc4ccc(C)cc4C)c(=O)n3c2)cc1. The van der Waals surface area contributed by atoms with Crippen LogP contribution in [0.3, 0.4) is 0 Å². The Labute approximate surface area is 189 Å². The Hall–Kier alpha value is -4.40. The molecule has 4 rings (SSSR count). The van der Waals surface area contributed by atoms with Gasteiger partial charge in [0, 0.05) is 17.6 Å². The van der Waals surface area contributed by atoms with Gasteiger partial charge in [-0.15, -0.1) is 5.10 Å². The number of hydrogen-bond donors (Lipinski definition) is 2. The fourth-order valence-electron chi connectivity index (χ4n) is 3.41. The minimum atomic E-state index is -0.514. The summed E-state index contributed by atoms with van der Waals surface area (Å²) < 4.78 is 7.42. The number of pyridine rings is 1. The molecule has 168 valence electrons. The van der Waals surface area contributed by atoms with E-state index in [4.69, 9.17) is 4.74 Å². The monoisotopic (exact) mass is 445 g/mol. The average molecular weight is 445 g/mol. The van der Waals surface area contributed by atoms with Crippen molar-refractivity contribution in [2.45, 2.75) is 20.4 Å². The molecule has 9 nitrogen and oxygen atoms in total. The number of carbonyl (C=O) groups is 2. The Morgan fingerprint density at radius 2 is 1.76 bits per heavy atom. The molecule has 2 amide bonds. The molecule has 4 aromatic rings. The largest absolute Gasteiger partial charge is 0.497 e. The molecule has 33 heavy (non-hydrogen) atoms. The van der Waals surface area contributed by atoms with E-state index in [2.05, 4.69) is 15.7 Å². The maximum absolute atomic E-state index is 12.8. The van der Waals surface area contributed by atoms with Gasteiger partial charge in [0.05, 0.1) is 12.7 Å². The third kappa shape index (κ3) is 4.77. The van der Waals surface area contributed by atoms with Crippen molar-refractivity contribution in [2.75, 3.05) is 17.7 Å². The van der Waals surface area contributed by atoms with Gasteiger partial charge in [0.2, 0.25) is 5.91 Å². The first-order valence-corrected chi connectivity index (χ1v) is 10.3. The number of aromatic nitrogens is 3. The van der Waals surface area contributed by atoms with Gasteiger partial charge in [0.25, 0.3) is 5.91 Å². The first kappa shape index (κ1) is 21.8. The molecule has 0 atom stereocenters. The molecular formula is C24H23N5O4. The van der Waals surface area contributed by atoms with E-state index >= 15 is 0 Å². The number of benzene rings is 2. The molecule has 2 N–H and O–H groups in total. The van der Waals surface area contributed by atoms with E-state index in [-0.39, 0.29) is 23.9 Å². The van der Waals surface area contributed by atoms with Crippen molar-refractivity contribution >= 4 is 28.8 Å². The standard InChI is InChI=1S/C24H23N5O4/c1-15-4-10-20(16(2)12-15)26-22(30)14-29-24(32)28-13-17(5-11-21(28)27-29)23(31)25-18-6-8-19(33-3)9-7-18/h4-13H,14H2,1-3H3,(H,25,31)(H,26,30). The molecule has 0 unspecified atom stereocenters. The Kier molecular flexibility index (Phi) is 5.95. The van der Waals surface area contributed by atoms with Gasteiger partial charge in [-0.1, -0.05) is 17.7 Å². The molecule has 0 bridgehead atoms. The van der Waals surface area contributed by atoms with E-state index in [1.165, 1.54) is 10.6 Å². The maximum atomic E-state index is 12.8. The zero-order chi connectivity index (χ0) is 23.5. The maximum Gasteiger partial charge on any atom is 0.350 e. The molecule has 0 aliphatic carbocycles. The number of nitrogens with zero attached hydrogens (tertiary/aromatic N) is 3. The van der Waals surface area contributed by atoms with Crippen LogP contribution in [0.15, 0.2) is 65.6 Å². The van der Waals surface area contributed by atoms with Crippen molar-refractivity contribution in [3.05, 3.63) is 88.0 Å². The second-order valence-corrected chi connectivity index (χ2v) is 7.64. The summed E-state index contributed by atoms with van der Waals surface area (Å²) in [5, 5.41) is 9.76. The smallest absolute Gasteiger partial charge is 0.350 e. The zero-order valence-corrected chi connectivity index (χ0v) is 18.5. The molecule has 0 saturated heterocycles. The summed E-state index contributed by atoms with van der Waals surface area (Å²) in [6, 6.07) is 15.7. The second kappa shape index (κ2) is 8.99. The number of hydrogen-bond acceptors (Lipinski definition) is 5. The highest BCUT2D eigenvalue weighted by Crippen LogP contribution is 2.17. The summed E-state index contributed by atoms with van der Waals surface area (Å²) in [4.78, 5) is 37.9. The van der Waals surface area contributed by atoms with Gasteiger partial charge >= 0.3 is 5.69 Å². The van der Waals surface area contributed by atoms with Gasteiger partial charge in [0.15, 0.2) is 5.65 Å². The normalized spacial score (nSPS) is 10.8. The fraction of sp³-hybridized carbons (Fsp3) is 0.167. The molecule has 0 aliphatic rings. The summed E-state index contributed by atoms with van der Waals surface area (Å²) in [5.74, 6) is -0.0748. The van der Waals surface area contributed by atoms with E-state index in [1.54, 1.807) is 43.5 Å². The minimum Gasteiger partial charge on any atom is -0.497 e. The van der Waals surface area contributed by atoms with E-state index in [1.807, 2.05) is 32.0 Å². The number of nitrogens with one attached hydrogen (secondary N) is 2. The van der Waals surface area contributed by atoms with Crippen molar-refractivity contribution < 1.29 is 14.3 Å². The molecule has 9 heteroatoms. The van der Waals surface area contributed by atoms with Crippen LogP contribution in [0.1, 0.15) is 21.5 Å². The molecule has 2 aromatic carbocycles. The van der Waals surface area contributed by atoms with Crippen LogP contribution in [0.5, 0.6) is 5.75 Å². The zero-order valence-electron chi connectivity index (χ0n) is 18.5. The van der Waals surface area contributed by atoms with Crippen LogP contribution in [0.2, 0.25) is 0 Å². The van der Waals surface area contributed by atoms with Crippen molar-refractivity contribution in [3.63, 3.8) is 0 Å². The first-order valence-electron chi connectivity index (χ1n) is 10.3. The van der Waals surface area contributed by atoms with Gasteiger partial charge in [-0.3, -0.25) is 9.59 Å². The number of aryl methyl sites for hydroxylation is 2. The summed E-state index contributed by atoms with van der Waals surface area (Å²) >= 11 is 0. The lowest BCUT2D eigenvalue weighted by Crippen LogP contribution is -2.28. The molecule has 2 aromatic heterocycles. The number of carbonyl (C=O) groups excluding carboxylic acids is 2. The Morgan fingerprint density at radius 1 is 1.00 bits per heavy atom.